The zero-order chi connectivity index (χ0) is 14.9. The molecule has 0 N–H and O–H groups in total. The van der Waals surface area contributed by atoms with Crippen LogP contribution in [-0.4, -0.2) is 5.78 Å². The predicted molar refractivity (Wildman–Crippen MR) is 87.9 cm³/mol. The molecule has 2 aromatic carbocycles. The van der Waals surface area contributed by atoms with Gasteiger partial charge in [-0.2, -0.15) is 0 Å². The molecular weight excluding hydrogens is 324 g/mol. The predicted octanol–water partition coefficient (Wildman–Crippen LogP) is 4.56. The van der Waals surface area contributed by atoms with E-state index >= 15 is 0 Å². The molecule has 0 heterocycles. The first-order valence-corrected chi connectivity index (χ1v) is 7.76. The van der Waals surface area contributed by atoms with E-state index in [0.29, 0.717) is 0 Å². The first-order valence-electron chi connectivity index (χ1n) is 6.96. The Bertz CT molecular complexity index is 722. The molecule has 1 aliphatic rings. The van der Waals surface area contributed by atoms with Crippen molar-refractivity contribution < 1.29 is 4.79 Å². The van der Waals surface area contributed by atoms with Crippen LogP contribution in [0.2, 0.25) is 0 Å². The van der Waals surface area contributed by atoms with E-state index < -0.39 is 5.41 Å². The van der Waals surface area contributed by atoms with Crippen molar-refractivity contribution in [3.8, 4) is 11.8 Å². The van der Waals surface area contributed by atoms with E-state index in [1.54, 1.807) is 6.92 Å². The fourth-order valence-electron chi connectivity index (χ4n) is 2.68. The van der Waals surface area contributed by atoms with Crippen molar-refractivity contribution >= 4 is 21.7 Å². The Kier molecular flexibility index (Phi) is 3.69. The van der Waals surface area contributed by atoms with E-state index in [0.717, 1.165) is 16.5 Å². The number of hydrogen-bond acceptors (Lipinski definition) is 1. The molecule has 0 saturated heterocycles. The van der Waals surface area contributed by atoms with Crippen molar-refractivity contribution in [2.24, 2.45) is 5.41 Å². The van der Waals surface area contributed by atoms with Crippen molar-refractivity contribution in [3.05, 3.63) is 70.2 Å². The lowest BCUT2D eigenvalue weighted by molar-refractivity contribution is -0.120. The molecule has 0 aromatic heterocycles. The second kappa shape index (κ2) is 5.50. The summed E-state index contributed by atoms with van der Waals surface area (Å²) < 4.78 is 1.05. The van der Waals surface area contributed by atoms with E-state index in [-0.39, 0.29) is 11.7 Å². The summed E-state index contributed by atoms with van der Waals surface area (Å²) in [5.74, 6) is 6.78. The lowest BCUT2D eigenvalue weighted by Gasteiger charge is -2.06. The van der Waals surface area contributed by atoms with E-state index in [1.807, 2.05) is 42.5 Å². The highest BCUT2D eigenvalue weighted by atomic mass is 79.9. The van der Waals surface area contributed by atoms with Crippen molar-refractivity contribution in [2.75, 3.05) is 0 Å². The Labute approximate surface area is 133 Å². The minimum Gasteiger partial charge on any atom is -0.298 e. The third kappa shape index (κ3) is 2.80. The van der Waals surface area contributed by atoms with E-state index in [4.69, 9.17) is 0 Å². The molecular formula is C19H15BrO. The Balaban J connectivity index is 1.89. The van der Waals surface area contributed by atoms with Crippen molar-refractivity contribution in [1.82, 2.24) is 0 Å². The van der Waals surface area contributed by atoms with Crippen LogP contribution in [0.4, 0.5) is 0 Å². The second-order valence-electron chi connectivity index (χ2n) is 5.45. The topological polar surface area (TPSA) is 17.1 Å². The van der Waals surface area contributed by atoms with E-state index in [2.05, 4.69) is 39.9 Å². The van der Waals surface area contributed by atoms with Crippen LogP contribution in [0.1, 0.15) is 30.4 Å². The van der Waals surface area contributed by atoms with Crippen LogP contribution >= 0.6 is 15.9 Å². The fourth-order valence-corrected chi connectivity index (χ4v) is 2.95. The summed E-state index contributed by atoms with van der Waals surface area (Å²) in [6.07, 6.45) is 0.823. The highest BCUT2D eigenvalue weighted by molar-refractivity contribution is 9.10. The summed E-state index contributed by atoms with van der Waals surface area (Å²) in [6.45, 7) is 1.65. The van der Waals surface area contributed by atoms with Gasteiger partial charge in [0.1, 0.15) is 5.78 Å². The summed E-state index contributed by atoms with van der Waals surface area (Å²) in [5, 5.41) is 0. The summed E-state index contributed by atoms with van der Waals surface area (Å²) in [4.78, 5) is 12.1. The van der Waals surface area contributed by atoms with Crippen LogP contribution in [0.25, 0.3) is 0 Å². The van der Waals surface area contributed by atoms with Crippen LogP contribution in [0.5, 0.6) is 0 Å². The molecule has 0 bridgehead atoms. The molecule has 2 aromatic rings. The molecule has 1 aliphatic carbocycles. The smallest absolute Gasteiger partial charge is 0.148 e. The minimum absolute atomic E-state index is 0.166. The molecule has 21 heavy (non-hydrogen) atoms. The standard InChI is InChI=1S/C19H15BrO/c1-14(21)19(12-11-15-5-3-2-4-6-15)13-18(19)16-7-9-17(20)10-8-16/h2-10,18H,13H2,1H3/t18-,19-/m0/s1. The second-order valence-corrected chi connectivity index (χ2v) is 6.37. The first kappa shape index (κ1) is 14.1. The number of benzene rings is 2. The van der Waals surface area contributed by atoms with Gasteiger partial charge in [0.05, 0.1) is 5.41 Å². The summed E-state index contributed by atoms with van der Waals surface area (Å²) in [7, 11) is 0. The van der Waals surface area contributed by atoms with Gasteiger partial charge in [0.15, 0.2) is 0 Å². The zero-order valence-electron chi connectivity index (χ0n) is 11.8. The molecule has 2 heteroatoms. The van der Waals surface area contributed by atoms with Crippen LogP contribution in [-0.2, 0) is 4.79 Å². The third-order valence-corrected chi connectivity index (χ3v) is 4.59. The van der Waals surface area contributed by atoms with Gasteiger partial charge >= 0.3 is 0 Å². The van der Waals surface area contributed by atoms with Crippen LogP contribution in [0, 0.1) is 17.3 Å². The minimum atomic E-state index is -0.496. The summed E-state index contributed by atoms with van der Waals surface area (Å²) in [5.41, 5.74) is 1.65. The molecule has 0 amide bonds. The van der Waals surface area contributed by atoms with Crippen LogP contribution in [0.3, 0.4) is 0 Å². The lowest BCUT2D eigenvalue weighted by atomic mass is 9.95. The maximum absolute atomic E-state index is 12.1. The summed E-state index contributed by atoms with van der Waals surface area (Å²) >= 11 is 3.44. The number of carbonyl (C=O) groups excluding carboxylic acids is 1. The number of carbonyl (C=O) groups is 1. The lowest BCUT2D eigenvalue weighted by Crippen LogP contribution is -2.12. The number of Topliss-reactive ketones (excluding diaryl/α,β-unsaturated/α-hetero) is 1. The molecule has 3 rings (SSSR count). The zero-order valence-corrected chi connectivity index (χ0v) is 13.4. The molecule has 104 valence electrons. The van der Waals surface area contributed by atoms with Gasteiger partial charge < -0.3 is 0 Å². The fraction of sp³-hybridized carbons (Fsp3) is 0.211. The monoisotopic (exact) mass is 338 g/mol. The average Bonchev–Trinajstić information content (AvgIpc) is 3.23. The number of halogens is 1. The van der Waals surface area contributed by atoms with Crippen LogP contribution in [0.15, 0.2) is 59.1 Å². The van der Waals surface area contributed by atoms with Gasteiger partial charge in [-0.05, 0) is 43.2 Å². The molecule has 0 unspecified atom stereocenters. The van der Waals surface area contributed by atoms with Crippen molar-refractivity contribution in [3.63, 3.8) is 0 Å². The molecule has 2 atom stereocenters. The quantitative estimate of drug-likeness (QED) is 0.733. The van der Waals surface area contributed by atoms with Gasteiger partial charge in [0.2, 0.25) is 0 Å². The number of hydrogen-bond donors (Lipinski definition) is 0. The van der Waals surface area contributed by atoms with E-state index in [1.165, 1.54) is 5.56 Å². The van der Waals surface area contributed by atoms with Gasteiger partial charge in [-0.15, -0.1) is 0 Å². The van der Waals surface area contributed by atoms with Crippen molar-refractivity contribution in [1.29, 1.82) is 0 Å². The first-order chi connectivity index (χ1) is 10.1. The van der Waals surface area contributed by atoms with Gasteiger partial charge in [0, 0.05) is 16.0 Å². The Hall–Kier alpha value is -1.85. The third-order valence-electron chi connectivity index (χ3n) is 4.07. The number of ketones is 1. The largest absolute Gasteiger partial charge is 0.298 e. The maximum Gasteiger partial charge on any atom is 0.148 e. The molecule has 0 radical (unpaired) electrons. The van der Waals surface area contributed by atoms with Gasteiger partial charge in [0.25, 0.3) is 0 Å². The average molecular weight is 339 g/mol. The Morgan fingerprint density at radius 1 is 1.14 bits per heavy atom. The highest BCUT2D eigenvalue weighted by Crippen LogP contribution is 2.59. The molecule has 1 saturated carbocycles. The molecule has 1 fully saturated rings. The van der Waals surface area contributed by atoms with Crippen molar-refractivity contribution in [2.45, 2.75) is 19.3 Å². The summed E-state index contributed by atoms with van der Waals surface area (Å²) in [6, 6.07) is 18.0. The normalized spacial score (nSPS) is 23.0. The molecule has 0 spiro atoms. The van der Waals surface area contributed by atoms with Gasteiger partial charge in [-0.3, -0.25) is 4.79 Å². The van der Waals surface area contributed by atoms with E-state index in [9.17, 15) is 4.79 Å². The van der Waals surface area contributed by atoms with Crippen LogP contribution < -0.4 is 0 Å². The molecule has 0 aliphatic heterocycles. The Morgan fingerprint density at radius 3 is 2.43 bits per heavy atom. The van der Waals surface area contributed by atoms with Gasteiger partial charge in [-0.1, -0.05) is 58.1 Å². The molecule has 1 nitrogen and oxygen atoms in total. The number of rotatable bonds is 2. The Morgan fingerprint density at radius 2 is 1.81 bits per heavy atom. The highest BCUT2D eigenvalue weighted by Gasteiger charge is 2.57. The SMILES string of the molecule is CC(=O)[C@]1(C#Cc2ccccc2)C[C@H]1c1ccc(Br)cc1. The maximum atomic E-state index is 12.1. The van der Waals surface area contributed by atoms with Gasteiger partial charge in [-0.25, -0.2) is 0 Å².